The SMILES string of the molecule is COC(=O)CC[C@H]1CN(Cc2ccccc2C(F)(F)F)CC[C@H]1N1CCN(c2ccccc2F)CC1. The van der Waals surface area contributed by atoms with E-state index in [0.717, 1.165) is 25.6 Å². The number of ether oxygens (including phenoxy) is 1. The van der Waals surface area contributed by atoms with Gasteiger partial charge >= 0.3 is 12.1 Å². The van der Waals surface area contributed by atoms with E-state index in [1.807, 2.05) is 6.07 Å². The lowest BCUT2D eigenvalue weighted by Crippen LogP contribution is -2.56. The van der Waals surface area contributed by atoms with Crippen molar-refractivity contribution in [2.75, 3.05) is 51.3 Å². The molecule has 2 atom stereocenters. The van der Waals surface area contributed by atoms with E-state index in [-0.39, 0.29) is 42.3 Å². The number of alkyl halides is 3. The number of piperidine rings is 1. The van der Waals surface area contributed by atoms with E-state index >= 15 is 0 Å². The standard InChI is InChI=1S/C27H33F4N3O2/c1-36-26(35)11-10-21-19-32(18-20-6-2-3-7-22(20)27(29,30)31)13-12-24(21)33-14-16-34(17-15-33)25-9-5-4-8-23(25)28/h2-9,21,24H,10-19H2,1H3/t21-,24+/m0/s1. The minimum Gasteiger partial charge on any atom is -0.469 e. The molecule has 0 N–H and O–H groups in total. The maximum Gasteiger partial charge on any atom is 0.416 e. The third kappa shape index (κ3) is 6.37. The van der Waals surface area contributed by atoms with Crippen molar-refractivity contribution in [3.63, 3.8) is 0 Å². The lowest BCUT2D eigenvalue weighted by atomic mass is 9.86. The number of carbonyl (C=O) groups is 1. The van der Waals surface area contributed by atoms with Gasteiger partial charge in [0.05, 0.1) is 18.4 Å². The van der Waals surface area contributed by atoms with Crippen molar-refractivity contribution in [3.05, 3.63) is 65.5 Å². The van der Waals surface area contributed by atoms with Gasteiger partial charge in [-0.2, -0.15) is 13.2 Å². The molecule has 0 unspecified atom stereocenters. The van der Waals surface area contributed by atoms with E-state index in [2.05, 4.69) is 14.7 Å². The summed E-state index contributed by atoms with van der Waals surface area (Å²) < 4.78 is 59.6. The Kier molecular flexibility index (Phi) is 8.51. The van der Waals surface area contributed by atoms with Crippen LogP contribution in [0.2, 0.25) is 0 Å². The monoisotopic (exact) mass is 507 g/mol. The van der Waals surface area contributed by atoms with E-state index in [1.54, 1.807) is 24.3 Å². The summed E-state index contributed by atoms with van der Waals surface area (Å²) in [6, 6.07) is 12.7. The predicted octanol–water partition coefficient (Wildman–Crippen LogP) is 4.81. The zero-order valence-corrected chi connectivity index (χ0v) is 20.5. The Morgan fingerprint density at radius 2 is 1.69 bits per heavy atom. The number of likely N-dealkylation sites (tertiary alicyclic amines) is 1. The van der Waals surface area contributed by atoms with Gasteiger partial charge in [-0.3, -0.25) is 14.6 Å². The Morgan fingerprint density at radius 3 is 2.39 bits per heavy atom. The Morgan fingerprint density at radius 1 is 1.00 bits per heavy atom. The smallest absolute Gasteiger partial charge is 0.416 e. The van der Waals surface area contributed by atoms with E-state index in [4.69, 9.17) is 4.74 Å². The van der Waals surface area contributed by atoms with E-state index < -0.39 is 11.7 Å². The third-order valence-electron chi connectivity index (χ3n) is 7.42. The zero-order chi connectivity index (χ0) is 25.7. The first-order valence-corrected chi connectivity index (χ1v) is 12.4. The number of hydrogen-bond donors (Lipinski definition) is 0. The molecule has 2 saturated heterocycles. The number of benzene rings is 2. The Labute approximate surface area is 209 Å². The fourth-order valence-electron chi connectivity index (χ4n) is 5.59. The van der Waals surface area contributed by atoms with Crippen LogP contribution < -0.4 is 4.90 Å². The molecule has 2 aliphatic heterocycles. The van der Waals surface area contributed by atoms with Crippen LogP contribution in [0, 0.1) is 11.7 Å². The second kappa shape index (κ2) is 11.6. The summed E-state index contributed by atoms with van der Waals surface area (Å²) in [5.41, 5.74) is 0.286. The number of rotatable bonds is 7. The van der Waals surface area contributed by atoms with Crippen LogP contribution in [0.25, 0.3) is 0 Å². The molecule has 0 radical (unpaired) electrons. The normalized spacial score (nSPS) is 22.0. The number of methoxy groups -OCH3 is 1. The first-order chi connectivity index (χ1) is 17.3. The summed E-state index contributed by atoms with van der Waals surface area (Å²) in [5, 5.41) is 0. The number of anilines is 1. The number of hydrogen-bond acceptors (Lipinski definition) is 5. The summed E-state index contributed by atoms with van der Waals surface area (Å²) in [6.07, 6.45) is -2.70. The lowest BCUT2D eigenvalue weighted by Gasteiger charge is -2.47. The number of piperazine rings is 1. The van der Waals surface area contributed by atoms with Crippen molar-refractivity contribution in [2.45, 2.75) is 38.0 Å². The van der Waals surface area contributed by atoms with Gasteiger partial charge in [-0.05, 0) is 49.1 Å². The predicted molar refractivity (Wildman–Crippen MR) is 130 cm³/mol. The van der Waals surface area contributed by atoms with Gasteiger partial charge in [0.2, 0.25) is 0 Å². The molecule has 2 heterocycles. The number of carbonyl (C=O) groups excluding carboxylic acids is 1. The van der Waals surface area contributed by atoms with Gasteiger partial charge in [0.15, 0.2) is 0 Å². The Balaban J connectivity index is 1.43. The molecule has 2 aromatic carbocycles. The van der Waals surface area contributed by atoms with Crippen molar-refractivity contribution < 1.29 is 27.1 Å². The first kappa shape index (κ1) is 26.4. The van der Waals surface area contributed by atoms with Gasteiger partial charge in [-0.25, -0.2) is 4.39 Å². The summed E-state index contributed by atoms with van der Waals surface area (Å²) in [4.78, 5) is 18.4. The van der Waals surface area contributed by atoms with Crippen LogP contribution in [0.3, 0.4) is 0 Å². The highest BCUT2D eigenvalue weighted by Gasteiger charge is 2.37. The Bertz CT molecular complexity index is 1020. The molecule has 0 spiro atoms. The topological polar surface area (TPSA) is 36.0 Å². The van der Waals surface area contributed by atoms with Crippen molar-refractivity contribution in [2.24, 2.45) is 5.92 Å². The minimum atomic E-state index is -4.39. The van der Waals surface area contributed by atoms with E-state index in [1.165, 1.54) is 19.2 Å². The van der Waals surface area contributed by atoms with Crippen molar-refractivity contribution >= 4 is 11.7 Å². The van der Waals surface area contributed by atoms with Crippen LogP contribution in [0.1, 0.15) is 30.4 Å². The van der Waals surface area contributed by atoms with Crippen molar-refractivity contribution in [1.29, 1.82) is 0 Å². The second-order valence-electron chi connectivity index (χ2n) is 9.60. The van der Waals surface area contributed by atoms with Gasteiger partial charge in [0.1, 0.15) is 5.82 Å². The van der Waals surface area contributed by atoms with Crippen molar-refractivity contribution in [3.8, 4) is 0 Å². The molecule has 5 nitrogen and oxygen atoms in total. The molecule has 196 valence electrons. The van der Waals surface area contributed by atoms with Gasteiger partial charge < -0.3 is 9.64 Å². The molecular formula is C27H33F4N3O2. The van der Waals surface area contributed by atoms with Gasteiger partial charge in [0.25, 0.3) is 0 Å². The quantitative estimate of drug-likeness (QED) is 0.397. The maximum atomic E-state index is 14.2. The van der Waals surface area contributed by atoms with Gasteiger partial charge in [0, 0.05) is 51.7 Å². The van der Waals surface area contributed by atoms with Crippen LogP contribution in [-0.4, -0.2) is 68.2 Å². The van der Waals surface area contributed by atoms with Crippen LogP contribution in [-0.2, 0) is 22.3 Å². The van der Waals surface area contributed by atoms with Crippen molar-refractivity contribution in [1.82, 2.24) is 9.80 Å². The molecule has 36 heavy (non-hydrogen) atoms. The van der Waals surface area contributed by atoms with Gasteiger partial charge in [-0.1, -0.05) is 30.3 Å². The molecule has 2 aromatic rings. The molecule has 2 fully saturated rings. The lowest BCUT2D eigenvalue weighted by molar-refractivity contribution is -0.141. The number of esters is 1. The van der Waals surface area contributed by atoms with Crippen LogP contribution >= 0.6 is 0 Å². The second-order valence-corrected chi connectivity index (χ2v) is 9.60. The molecule has 0 aliphatic carbocycles. The molecule has 0 bridgehead atoms. The maximum absolute atomic E-state index is 14.2. The molecule has 0 saturated carbocycles. The highest BCUT2D eigenvalue weighted by atomic mass is 19.4. The Hall–Kier alpha value is -2.65. The summed E-state index contributed by atoms with van der Waals surface area (Å²) in [6.45, 7) is 4.45. The van der Waals surface area contributed by atoms with E-state index in [9.17, 15) is 22.4 Å². The summed E-state index contributed by atoms with van der Waals surface area (Å²) in [7, 11) is 1.36. The van der Waals surface area contributed by atoms with E-state index in [0.29, 0.717) is 38.3 Å². The van der Waals surface area contributed by atoms with Crippen LogP contribution in [0.5, 0.6) is 0 Å². The highest BCUT2D eigenvalue weighted by molar-refractivity contribution is 5.69. The average Bonchev–Trinajstić information content (AvgIpc) is 2.87. The fraction of sp³-hybridized carbons (Fsp3) is 0.519. The third-order valence-corrected chi connectivity index (χ3v) is 7.42. The first-order valence-electron chi connectivity index (χ1n) is 12.4. The number of para-hydroxylation sites is 1. The number of halogens is 4. The molecule has 9 heteroatoms. The molecule has 0 amide bonds. The summed E-state index contributed by atoms with van der Waals surface area (Å²) in [5.74, 6) is -0.386. The highest BCUT2D eigenvalue weighted by Crippen LogP contribution is 2.34. The molecule has 4 rings (SSSR count). The molecular weight excluding hydrogens is 474 g/mol. The fourth-order valence-corrected chi connectivity index (χ4v) is 5.59. The summed E-state index contributed by atoms with van der Waals surface area (Å²) >= 11 is 0. The minimum absolute atomic E-state index is 0.121. The van der Waals surface area contributed by atoms with Crippen LogP contribution in [0.4, 0.5) is 23.2 Å². The molecule has 2 aliphatic rings. The number of nitrogens with zero attached hydrogens (tertiary/aromatic N) is 3. The van der Waals surface area contributed by atoms with Crippen LogP contribution in [0.15, 0.2) is 48.5 Å². The largest absolute Gasteiger partial charge is 0.469 e. The zero-order valence-electron chi connectivity index (χ0n) is 20.5. The average molecular weight is 508 g/mol. The molecule has 0 aromatic heterocycles. The van der Waals surface area contributed by atoms with Gasteiger partial charge in [-0.15, -0.1) is 0 Å².